The van der Waals surface area contributed by atoms with E-state index in [-0.39, 0.29) is 11.9 Å². The van der Waals surface area contributed by atoms with Crippen molar-refractivity contribution in [2.24, 2.45) is 0 Å². The van der Waals surface area contributed by atoms with Gasteiger partial charge in [-0.15, -0.1) is 0 Å². The quantitative estimate of drug-likeness (QED) is 0.936. The molecule has 1 aromatic heterocycles. The summed E-state index contributed by atoms with van der Waals surface area (Å²) in [6, 6.07) is 8.41. The molecule has 5 heteroatoms. The van der Waals surface area contributed by atoms with Gasteiger partial charge in [-0.1, -0.05) is 24.3 Å². The summed E-state index contributed by atoms with van der Waals surface area (Å²) in [4.78, 5) is 25.1. The highest BCUT2D eigenvalue weighted by atomic mass is 16.2. The van der Waals surface area contributed by atoms with E-state index in [2.05, 4.69) is 46.1 Å². The Kier molecular flexibility index (Phi) is 4.57. The normalized spacial score (nSPS) is 22.4. The van der Waals surface area contributed by atoms with E-state index >= 15 is 0 Å². The second-order valence-corrected chi connectivity index (χ2v) is 7.26. The number of hydrogen-bond donors (Lipinski definition) is 1. The van der Waals surface area contributed by atoms with E-state index in [0.717, 1.165) is 51.3 Å². The fraction of sp³-hybridized carbons (Fsp3) is 0.500. The molecule has 0 unspecified atom stereocenters. The molecule has 1 saturated heterocycles. The third kappa shape index (κ3) is 3.33. The molecule has 132 valence electrons. The van der Waals surface area contributed by atoms with Gasteiger partial charge in [0.2, 0.25) is 5.91 Å². The zero-order valence-electron chi connectivity index (χ0n) is 14.8. The first-order chi connectivity index (χ1) is 12.2. The lowest BCUT2D eigenvalue weighted by Gasteiger charge is -2.38. The number of nitrogens with one attached hydrogen (secondary N) is 1. The van der Waals surface area contributed by atoms with Gasteiger partial charge in [0, 0.05) is 37.9 Å². The summed E-state index contributed by atoms with van der Waals surface area (Å²) in [6.07, 6.45) is 6.92. The zero-order chi connectivity index (χ0) is 17.2. The van der Waals surface area contributed by atoms with E-state index in [4.69, 9.17) is 0 Å². The van der Waals surface area contributed by atoms with Gasteiger partial charge in [-0.2, -0.15) is 0 Å². The Bertz CT molecular complexity index is 727. The molecular formula is C20H26N4O. The molecule has 4 rings (SSSR count). The van der Waals surface area contributed by atoms with Crippen LogP contribution in [0.5, 0.6) is 0 Å². The first-order valence-electron chi connectivity index (χ1n) is 9.31. The number of fused-ring (bicyclic) bond motifs is 1. The second-order valence-electron chi connectivity index (χ2n) is 7.26. The van der Waals surface area contributed by atoms with Crippen molar-refractivity contribution in [3.8, 4) is 0 Å². The molecule has 1 aromatic carbocycles. The predicted octanol–water partition coefficient (Wildman–Crippen LogP) is 2.56. The van der Waals surface area contributed by atoms with Gasteiger partial charge in [-0.3, -0.25) is 9.69 Å². The Labute approximate surface area is 149 Å². The maximum atomic E-state index is 13.1. The van der Waals surface area contributed by atoms with Gasteiger partial charge in [0.15, 0.2) is 0 Å². The summed E-state index contributed by atoms with van der Waals surface area (Å²) in [5.41, 5.74) is 2.68. The van der Waals surface area contributed by atoms with Crippen molar-refractivity contribution in [3.63, 3.8) is 0 Å². The largest absolute Gasteiger partial charge is 0.348 e. The highest BCUT2D eigenvalue weighted by molar-refractivity contribution is 5.81. The first-order valence-corrected chi connectivity index (χ1v) is 9.31. The Morgan fingerprint density at radius 2 is 2.12 bits per heavy atom. The SMILES string of the molecule is C[C@H](C(=O)N1CCc2ccccc2C1)N1CCC[C@H](c2ncc[nH]2)C1. The molecule has 2 aliphatic rings. The molecule has 2 aliphatic heterocycles. The Hall–Kier alpha value is -2.14. The number of amides is 1. The van der Waals surface area contributed by atoms with Gasteiger partial charge >= 0.3 is 0 Å². The minimum absolute atomic E-state index is 0.0666. The maximum Gasteiger partial charge on any atom is 0.239 e. The number of benzene rings is 1. The molecule has 0 bridgehead atoms. The van der Waals surface area contributed by atoms with E-state index in [9.17, 15) is 4.79 Å². The lowest BCUT2D eigenvalue weighted by Crippen LogP contribution is -2.51. The molecule has 0 radical (unpaired) electrons. The van der Waals surface area contributed by atoms with Crippen LogP contribution >= 0.6 is 0 Å². The third-order valence-electron chi connectivity index (χ3n) is 5.71. The van der Waals surface area contributed by atoms with Crippen LogP contribution in [-0.4, -0.2) is 51.4 Å². The van der Waals surface area contributed by atoms with Crippen LogP contribution in [-0.2, 0) is 17.8 Å². The number of imidazole rings is 1. The number of carbonyl (C=O) groups excluding carboxylic acids is 1. The third-order valence-corrected chi connectivity index (χ3v) is 5.71. The number of rotatable bonds is 3. The van der Waals surface area contributed by atoms with E-state index < -0.39 is 0 Å². The number of likely N-dealkylation sites (tertiary alicyclic amines) is 1. The van der Waals surface area contributed by atoms with Crippen molar-refractivity contribution >= 4 is 5.91 Å². The van der Waals surface area contributed by atoms with Gasteiger partial charge in [0.1, 0.15) is 5.82 Å². The standard InChI is InChI=1S/C20H26N4O/c1-15(23-11-4-7-18(14-23)19-21-9-10-22-19)20(25)24-12-8-16-5-2-3-6-17(16)13-24/h2-3,5-6,9-10,15,18H,4,7-8,11-14H2,1H3,(H,21,22)/t15-,18+/m1/s1. The average molecular weight is 338 g/mol. The zero-order valence-corrected chi connectivity index (χ0v) is 14.8. The molecular weight excluding hydrogens is 312 g/mol. The van der Waals surface area contributed by atoms with Crippen LogP contribution in [0.3, 0.4) is 0 Å². The second kappa shape index (κ2) is 7.00. The lowest BCUT2D eigenvalue weighted by atomic mass is 9.95. The number of piperidine rings is 1. The van der Waals surface area contributed by atoms with Crippen molar-refractivity contribution < 1.29 is 4.79 Å². The van der Waals surface area contributed by atoms with E-state index in [1.54, 1.807) is 0 Å². The molecule has 1 amide bonds. The highest BCUT2D eigenvalue weighted by Crippen LogP contribution is 2.27. The summed E-state index contributed by atoms with van der Waals surface area (Å²) >= 11 is 0. The fourth-order valence-corrected chi connectivity index (χ4v) is 4.19. The minimum atomic E-state index is -0.0666. The van der Waals surface area contributed by atoms with Crippen molar-refractivity contribution in [3.05, 3.63) is 53.6 Å². The lowest BCUT2D eigenvalue weighted by molar-refractivity contribution is -0.137. The minimum Gasteiger partial charge on any atom is -0.348 e. The predicted molar refractivity (Wildman–Crippen MR) is 97.2 cm³/mol. The van der Waals surface area contributed by atoms with Crippen LogP contribution in [0.1, 0.15) is 42.6 Å². The molecule has 0 aliphatic carbocycles. The Balaban J connectivity index is 1.42. The smallest absolute Gasteiger partial charge is 0.239 e. The highest BCUT2D eigenvalue weighted by Gasteiger charge is 2.32. The monoisotopic (exact) mass is 338 g/mol. The molecule has 0 spiro atoms. The Morgan fingerprint density at radius 1 is 1.28 bits per heavy atom. The summed E-state index contributed by atoms with van der Waals surface area (Å²) in [5, 5.41) is 0. The summed E-state index contributed by atoms with van der Waals surface area (Å²) < 4.78 is 0. The van der Waals surface area contributed by atoms with Gasteiger partial charge < -0.3 is 9.88 Å². The summed E-state index contributed by atoms with van der Waals surface area (Å²) in [5.74, 6) is 1.71. The Morgan fingerprint density at radius 3 is 2.92 bits per heavy atom. The molecule has 1 fully saturated rings. The number of aromatic amines is 1. The molecule has 5 nitrogen and oxygen atoms in total. The van der Waals surface area contributed by atoms with E-state index in [1.807, 2.05) is 17.3 Å². The van der Waals surface area contributed by atoms with Crippen LogP contribution in [0, 0.1) is 0 Å². The van der Waals surface area contributed by atoms with E-state index in [0.29, 0.717) is 5.92 Å². The van der Waals surface area contributed by atoms with Crippen molar-refractivity contribution in [1.29, 1.82) is 0 Å². The van der Waals surface area contributed by atoms with Crippen LogP contribution in [0.15, 0.2) is 36.7 Å². The van der Waals surface area contributed by atoms with Gasteiger partial charge in [-0.25, -0.2) is 4.98 Å². The van der Waals surface area contributed by atoms with Crippen LogP contribution in [0.25, 0.3) is 0 Å². The first kappa shape index (κ1) is 16.3. The number of carbonyl (C=O) groups is 1. The molecule has 0 saturated carbocycles. The average Bonchev–Trinajstić information content (AvgIpc) is 3.21. The topological polar surface area (TPSA) is 52.2 Å². The number of H-pyrrole nitrogens is 1. The van der Waals surface area contributed by atoms with Gasteiger partial charge in [-0.05, 0) is 43.9 Å². The summed E-state index contributed by atoms with van der Waals surface area (Å²) in [7, 11) is 0. The molecule has 3 heterocycles. The van der Waals surface area contributed by atoms with Gasteiger partial charge in [0.05, 0.1) is 6.04 Å². The maximum absolute atomic E-state index is 13.1. The van der Waals surface area contributed by atoms with Crippen LogP contribution < -0.4 is 0 Å². The van der Waals surface area contributed by atoms with Gasteiger partial charge in [0.25, 0.3) is 0 Å². The number of aromatic nitrogens is 2. The number of hydrogen-bond acceptors (Lipinski definition) is 3. The van der Waals surface area contributed by atoms with Crippen LogP contribution in [0.4, 0.5) is 0 Å². The molecule has 1 N–H and O–H groups in total. The fourth-order valence-electron chi connectivity index (χ4n) is 4.19. The van der Waals surface area contributed by atoms with Crippen LogP contribution in [0.2, 0.25) is 0 Å². The van der Waals surface area contributed by atoms with Crippen molar-refractivity contribution in [1.82, 2.24) is 19.8 Å². The molecule has 2 aromatic rings. The van der Waals surface area contributed by atoms with Crippen molar-refractivity contribution in [2.45, 2.75) is 44.7 Å². The number of nitrogens with zero attached hydrogens (tertiary/aromatic N) is 3. The van der Waals surface area contributed by atoms with Crippen molar-refractivity contribution in [2.75, 3.05) is 19.6 Å². The van der Waals surface area contributed by atoms with E-state index in [1.165, 1.54) is 11.1 Å². The molecule has 2 atom stereocenters. The molecule has 25 heavy (non-hydrogen) atoms. The summed E-state index contributed by atoms with van der Waals surface area (Å²) in [6.45, 7) is 5.54.